The van der Waals surface area contributed by atoms with E-state index in [1.807, 2.05) is 6.92 Å². The summed E-state index contributed by atoms with van der Waals surface area (Å²) in [5.74, 6) is -0.750. The zero-order chi connectivity index (χ0) is 16.0. The number of carboxylic acids is 1. The van der Waals surface area contributed by atoms with Crippen molar-refractivity contribution in [3.8, 4) is 0 Å². The fraction of sp³-hybridized carbons (Fsp3) is 0.381. The number of aliphatic carboxylic acids is 1. The molecule has 1 N–H and O–H groups in total. The minimum Gasteiger partial charge on any atom is -0.481 e. The van der Waals surface area contributed by atoms with E-state index in [0.29, 0.717) is 5.41 Å². The first-order chi connectivity index (χ1) is 11.1. The topological polar surface area (TPSA) is 37.3 Å². The fourth-order valence-corrected chi connectivity index (χ4v) is 4.08. The lowest BCUT2D eigenvalue weighted by Gasteiger charge is -2.24. The number of hydrogen-bond acceptors (Lipinski definition) is 1. The molecule has 1 spiro atoms. The SMILES string of the molecule is Cc1cc2ccccc2c(C2=CCC3(CC2)CC3)c1CC(=O)O. The van der Waals surface area contributed by atoms with Crippen LogP contribution in [0.1, 0.15) is 48.8 Å². The van der Waals surface area contributed by atoms with Gasteiger partial charge in [-0.05, 0) is 77.5 Å². The summed E-state index contributed by atoms with van der Waals surface area (Å²) < 4.78 is 0. The molecule has 0 unspecified atom stereocenters. The maximum Gasteiger partial charge on any atom is 0.307 e. The number of allylic oxidation sites excluding steroid dienone is 2. The third kappa shape index (κ3) is 2.56. The highest BCUT2D eigenvalue weighted by Crippen LogP contribution is 2.57. The Bertz CT molecular complexity index is 825. The van der Waals surface area contributed by atoms with E-state index in [0.717, 1.165) is 24.0 Å². The van der Waals surface area contributed by atoms with Gasteiger partial charge in [0.25, 0.3) is 0 Å². The van der Waals surface area contributed by atoms with Gasteiger partial charge in [-0.25, -0.2) is 0 Å². The molecule has 2 nitrogen and oxygen atoms in total. The number of rotatable bonds is 3. The van der Waals surface area contributed by atoms with Gasteiger partial charge in [0.2, 0.25) is 0 Å². The van der Waals surface area contributed by atoms with Crippen LogP contribution in [0, 0.1) is 12.3 Å². The second kappa shape index (κ2) is 5.23. The normalized spacial score (nSPS) is 18.9. The summed E-state index contributed by atoms with van der Waals surface area (Å²) >= 11 is 0. The van der Waals surface area contributed by atoms with E-state index in [9.17, 15) is 9.90 Å². The maximum absolute atomic E-state index is 11.4. The summed E-state index contributed by atoms with van der Waals surface area (Å²) in [6.45, 7) is 2.04. The quantitative estimate of drug-likeness (QED) is 0.854. The lowest BCUT2D eigenvalue weighted by molar-refractivity contribution is -0.136. The van der Waals surface area contributed by atoms with Gasteiger partial charge >= 0.3 is 5.97 Å². The molecule has 1 fully saturated rings. The minimum absolute atomic E-state index is 0.106. The Morgan fingerprint density at radius 3 is 2.65 bits per heavy atom. The van der Waals surface area contributed by atoms with Crippen molar-refractivity contribution >= 4 is 22.3 Å². The summed E-state index contributed by atoms with van der Waals surface area (Å²) in [6.07, 6.45) is 8.74. The Morgan fingerprint density at radius 2 is 2.00 bits per heavy atom. The highest BCUT2D eigenvalue weighted by Gasteiger charge is 2.42. The smallest absolute Gasteiger partial charge is 0.307 e. The molecule has 0 aromatic heterocycles. The molecule has 0 atom stereocenters. The van der Waals surface area contributed by atoms with Gasteiger partial charge in [-0.2, -0.15) is 0 Å². The monoisotopic (exact) mass is 306 g/mol. The van der Waals surface area contributed by atoms with Crippen LogP contribution in [0.5, 0.6) is 0 Å². The molecule has 2 aliphatic carbocycles. The molecule has 2 heteroatoms. The molecular formula is C21H22O2. The van der Waals surface area contributed by atoms with Gasteiger partial charge in [0, 0.05) is 0 Å². The molecule has 0 heterocycles. The van der Waals surface area contributed by atoms with E-state index in [-0.39, 0.29) is 6.42 Å². The van der Waals surface area contributed by atoms with Crippen molar-refractivity contribution in [2.45, 2.75) is 45.4 Å². The summed E-state index contributed by atoms with van der Waals surface area (Å²) in [4.78, 5) is 11.4. The first-order valence-electron chi connectivity index (χ1n) is 8.50. The molecule has 0 aliphatic heterocycles. The molecule has 118 valence electrons. The Labute approximate surface area is 136 Å². The van der Waals surface area contributed by atoms with Crippen molar-refractivity contribution < 1.29 is 9.90 Å². The summed E-state index contributed by atoms with van der Waals surface area (Å²) in [6, 6.07) is 10.5. The van der Waals surface area contributed by atoms with Crippen LogP contribution in [-0.4, -0.2) is 11.1 Å². The largest absolute Gasteiger partial charge is 0.481 e. The van der Waals surface area contributed by atoms with Crippen LogP contribution in [0.2, 0.25) is 0 Å². The molecule has 1 saturated carbocycles. The van der Waals surface area contributed by atoms with Crippen LogP contribution in [-0.2, 0) is 11.2 Å². The van der Waals surface area contributed by atoms with Crippen LogP contribution in [0.25, 0.3) is 16.3 Å². The number of fused-ring (bicyclic) bond motifs is 1. The van der Waals surface area contributed by atoms with Crippen molar-refractivity contribution in [3.05, 3.63) is 53.1 Å². The molecule has 0 amide bonds. The molecule has 2 aliphatic rings. The zero-order valence-electron chi connectivity index (χ0n) is 13.6. The third-order valence-electron chi connectivity index (χ3n) is 5.69. The lowest BCUT2D eigenvalue weighted by Crippen LogP contribution is -2.10. The van der Waals surface area contributed by atoms with Crippen LogP contribution >= 0.6 is 0 Å². The first kappa shape index (κ1) is 14.5. The summed E-state index contributed by atoms with van der Waals surface area (Å²) in [5.41, 5.74) is 5.23. The second-order valence-corrected chi connectivity index (χ2v) is 7.27. The average molecular weight is 306 g/mol. The number of benzene rings is 2. The second-order valence-electron chi connectivity index (χ2n) is 7.27. The standard InChI is InChI=1S/C21H22O2/c1-14-12-16-4-2-3-5-17(16)20(18(14)13-19(22)23)15-6-8-21(9-7-15)10-11-21/h2-6,12H,7-11,13H2,1H3,(H,22,23). The van der Waals surface area contributed by atoms with Crippen molar-refractivity contribution in [2.75, 3.05) is 0 Å². The Balaban J connectivity index is 1.91. The van der Waals surface area contributed by atoms with E-state index in [1.165, 1.54) is 41.2 Å². The van der Waals surface area contributed by atoms with Crippen LogP contribution < -0.4 is 0 Å². The summed E-state index contributed by atoms with van der Waals surface area (Å²) in [5, 5.41) is 11.8. The van der Waals surface area contributed by atoms with E-state index >= 15 is 0 Å². The van der Waals surface area contributed by atoms with Gasteiger partial charge in [0.15, 0.2) is 0 Å². The van der Waals surface area contributed by atoms with Crippen molar-refractivity contribution in [2.24, 2.45) is 5.41 Å². The van der Waals surface area contributed by atoms with Crippen LogP contribution in [0.4, 0.5) is 0 Å². The Morgan fingerprint density at radius 1 is 1.22 bits per heavy atom. The molecule has 0 radical (unpaired) electrons. The number of hydrogen-bond donors (Lipinski definition) is 1. The Kier molecular flexibility index (Phi) is 3.29. The lowest BCUT2D eigenvalue weighted by atomic mass is 9.80. The van der Waals surface area contributed by atoms with Gasteiger partial charge in [-0.1, -0.05) is 36.4 Å². The van der Waals surface area contributed by atoms with Crippen LogP contribution in [0.15, 0.2) is 36.4 Å². The van der Waals surface area contributed by atoms with E-state index < -0.39 is 5.97 Å². The zero-order valence-corrected chi connectivity index (χ0v) is 13.6. The highest BCUT2D eigenvalue weighted by atomic mass is 16.4. The van der Waals surface area contributed by atoms with Crippen molar-refractivity contribution in [3.63, 3.8) is 0 Å². The number of carbonyl (C=O) groups is 1. The average Bonchev–Trinajstić information content (AvgIpc) is 3.28. The van der Waals surface area contributed by atoms with Crippen LogP contribution in [0.3, 0.4) is 0 Å². The van der Waals surface area contributed by atoms with Gasteiger partial charge in [0.05, 0.1) is 6.42 Å². The third-order valence-corrected chi connectivity index (χ3v) is 5.69. The molecule has 2 aromatic rings. The van der Waals surface area contributed by atoms with Gasteiger partial charge in [0.1, 0.15) is 0 Å². The summed E-state index contributed by atoms with van der Waals surface area (Å²) in [7, 11) is 0. The molecule has 23 heavy (non-hydrogen) atoms. The van der Waals surface area contributed by atoms with E-state index in [2.05, 4.69) is 36.4 Å². The van der Waals surface area contributed by atoms with Gasteiger partial charge in [-0.15, -0.1) is 0 Å². The molecule has 0 bridgehead atoms. The maximum atomic E-state index is 11.4. The fourth-order valence-electron chi connectivity index (χ4n) is 4.08. The predicted molar refractivity (Wildman–Crippen MR) is 93.5 cm³/mol. The highest BCUT2D eigenvalue weighted by molar-refractivity contribution is 5.97. The molecule has 2 aromatic carbocycles. The number of aryl methyl sites for hydroxylation is 1. The van der Waals surface area contributed by atoms with Crippen molar-refractivity contribution in [1.29, 1.82) is 0 Å². The predicted octanol–water partition coefficient (Wildman–Crippen LogP) is 5.12. The van der Waals surface area contributed by atoms with Crippen molar-refractivity contribution in [1.82, 2.24) is 0 Å². The van der Waals surface area contributed by atoms with Gasteiger partial charge in [-0.3, -0.25) is 4.79 Å². The molecular weight excluding hydrogens is 284 g/mol. The van der Waals surface area contributed by atoms with E-state index in [4.69, 9.17) is 0 Å². The molecule has 0 saturated heterocycles. The van der Waals surface area contributed by atoms with Gasteiger partial charge < -0.3 is 5.11 Å². The first-order valence-corrected chi connectivity index (χ1v) is 8.50. The minimum atomic E-state index is -0.750. The van der Waals surface area contributed by atoms with E-state index in [1.54, 1.807) is 0 Å². The Hall–Kier alpha value is -2.09. The molecule has 4 rings (SSSR count). The number of carboxylic acid groups (broad SMARTS) is 1.